The van der Waals surface area contributed by atoms with Crippen LogP contribution in [0.4, 0.5) is 0 Å². The molecule has 0 saturated heterocycles. The number of carbonyl (C=O) groups excluding carboxylic acids is 1. The van der Waals surface area contributed by atoms with Gasteiger partial charge in [0.2, 0.25) is 5.88 Å². The van der Waals surface area contributed by atoms with Gasteiger partial charge in [-0.25, -0.2) is 4.98 Å². The largest absolute Gasteiger partial charge is 0.406 e. The predicted octanol–water partition coefficient (Wildman–Crippen LogP) is 2.42. The first-order valence-corrected chi connectivity index (χ1v) is 4.27. The normalized spacial score (nSPS) is 9.58. The van der Waals surface area contributed by atoms with Crippen LogP contribution in [0, 0.1) is 0 Å². The third-order valence-electron chi connectivity index (χ3n) is 1.05. The van der Waals surface area contributed by atoms with E-state index in [1.807, 2.05) is 0 Å². The van der Waals surface area contributed by atoms with Gasteiger partial charge in [0, 0.05) is 13.1 Å². The summed E-state index contributed by atoms with van der Waals surface area (Å²) in [6.45, 7) is 1.30. The van der Waals surface area contributed by atoms with Crippen LogP contribution in [-0.4, -0.2) is 11.0 Å². The number of halogens is 2. The van der Waals surface area contributed by atoms with Gasteiger partial charge in [-0.3, -0.25) is 4.79 Å². The maximum atomic E-state index is 10.6. The molecule has 0 radical (unpaired) electrons. The van der Waals surface area contributed by atoms with E-state index in [9.17, 15) is 4.79 Å². The van der Waals surface area contributed by atoms with E-state index in [1.165, 1.54) is 13.1 Å². The second-order valence-corrected chi connectivity index (χ2v) is 3.21. The van der Waals surface area contributed by atoms with E-state index in [0.29, 0.717) is 9.50 Å². The third kappa shape index (κ3) is 2.19. The molecule has 1 aromatic rings. The van der Waals surface area contributed by atoms with E-state index < -0.39 is 5.97 Å². The van der Waals surface area contributed by atoms with Crippen molar-refractivity contribution in [1.29, 1.82) is 0 Å². The van der Waals surface area contributed by atoms with Crippen molar-refractivity contribution in [3.8, 4) is 5.88 Å². The molecule has 0 unspecified atom stereocenters. The Bertz CT molecular complexity index is 316. The van der Waals surface area contributed by atoms with Crippen LogP contribution >= 0.6 is 27.5 Å². The Labute approximate surface area is 82.8 Å². The first kappa shape index (κ1) is 9.48. The van der Waals surface area contributed by atoms with E-state index in [0.717, 1.165) is 0 Å². The molecule has 0 aliphatic carbocycles. The van der Waals surface area contributed by atoms with Crippen LogP contribution < -0.4 is 4.74 Å². The monoisotopic (exact) mass is 249 g/mol. The van der Waals surface area contributed by atoms with Crippen molar-refractivity contribution in [2.24, 2.45) is 0 Å². The zero-order chi connectivity index (χ0) is 9.14. The quantitative estimate of drug-likeness (QED) is 0.719. The number of esters is 1. The molecule has 1 rings (SSSR count). The lowest BCUT2D eigenvalue weighted by molar-refractivity contribution is -0.132. The van der Waals surface area contributed by atoms with Crippen molar-refractivity contribution in [2.75, 3.05) is 0 Å². The van der Waals surface area contributed by atoms with Gasteiger partial charge in [-0.1, -0.05) is 11.6 Å². The van der Waals surface area contributed by atoms with Gasteiger partial charge in [-0.15, -0.1) is 0 Å². The summed E-state index contributed by atoms with van der Waals surface area (Å²) in [5, 5.41) is 0.459. The lowest BCUT2D eigenvalue weighted by Gasteiger charge is -2.02. The molecule has 0 aliphatic rings. The minimum absolute atomic E-state index is 0.190. The molecule has 1 heterocycles. The Balaban J connectivity index is 3.00. The molecular formula is C7H5BrClNO2. The number of pyridine rings is 1. The molecular weight excluding hydrogens is 245 g/mol. The number of rotatable bonds is 1. The Hall–Kier alpha value is -0.610. The minimum Gasteiger partial charge on any atom is -0.406 e. The van der Waals surface area contributed by atoms with Gasteiger partial charge in [0.1, 0.15) is 0 Å². The second kappa shape index (κ2) is 3.87. The van der Waals surface area contributed by atoms with Crippen LogP contribution in [0.2, 0.25) is 5.02 Å². The van der Waals surface area contributed by atoms with Crippen LogP contribution in [0.25, 0.3) is 0 Å². The van der Waals surface area contributed by atoms with E-state index in [2.05, 4.69) is 20.9 Å². The van der Waals surface area contributed by atoms with Crippen LogP contribution in [0.5, 0.6) is 5.88 Å². The molecule has 0 spiro atoms. The average molecular weight is 250 g/mol. The summed E-state index contributed by atoms with van der Waals surface area (Å²) in [6, 6.07) is 1.60. The van der Waals surface area contributed by atoms with Crippen molar-refractivity contribution < 1.29 is 9.53 Å². The molecule has 12 heavy (non-hydrogen) atoms. The van der Waals surface area contributed by atoms with Gasteiger partial charge < -0.3 is 4.74 Å². The highest BCUT2D eigenvalue weighted by Gasteiger charge is 2.07. The molecule has 0 aromatic carbocycles. The molecule has 0 saturated carbocycles. The van der Waals surface area contributed by atoms with Crippen molar-refractivity contribution in [3.63, 3.8) is 0 Å². The number of carbonyl (C=O) groups is 1. The topological polar surface area (TPSA) is 39.2 Å². The zero-order valence-corrected chi connectivity index (χ0v) is 8.52. The highest BCUT2D eigenvalue weighted by Crippen LogP contribution is 2.29. The Morgan fingerprint density at radius 2 is 2.42 bits per heavy atom. The first-order valence-electron chi connectivity index (χ1n) is 3.09. The molecule has 1 aromatic heterocycles. The van der Waals surface area contributed by atoms with Crippen LogP contribution in [0.1, 0.15) is 6.92 Å². The first-order chi connectivity index (χ1) is 5.61. The standard InChI is InChI=1S/C7H5BrClNO2/c1-4(11)12-7-6(8)5(9)2-3-10-7/h2-3H,1H3. The number of hydrogen-bond acceptors (Lipinski definition) is 3. The number of nitrogens with zero attached hydrogens (tertiary/aromatic N) is 1. The lowest BCUT2D eigenvalue weighted by atomic mass is 10.5. The summed E-state index contributed by atoms with van der Waals surface area (Å²) < 4.78 is 5.23. The molecule has 0 amide bonds. The van der Waals surface area contributed by atoms with E-state index in [-0.39, 0.29) is 5.88 Å². The van der Waals surface area contributed by atoms with Gasteiger partial charge >= 0.3 is 5.97 Å². The maximum Gasteiger partial charge on any atom is 0.309 e. The maximum absolute atomic E-state index is 10.6. The van der Waals surface area contributed by atoms with E-state index >= 15 is 0 Å². The number of ether oxygens (including phenoxy) is 1. The second-order valence-electron chi connectivity index (χ2n) is 2.01. The van der Waals surface area contributed by atoms with Gasteiger partial charge in [0.05, 0.1) is 9.50 Å². The molecule has 0 atom stereocenters. The number of hydrogen-bond donors (Lipinski definition) is 0. The van der Waals surface area contributed by atoms with Crippen LogP contribution in [0.15, 0.2) is 16.7 Å². The minimum atomic E-state index is -0.425. The van der Waals surface area contributed by atoms with Crippen molar-refractivity contribution in [2.45, 2.75) is 6.92 Å². The van der Waals surface area contributed by atoms with Crippen molar-refractivity contribution in [1.82, 2.24) is 4.98 Å². The Morgan fingerprint density at radius 1 is 1.75 bits per heavy atom. The molecule has 0 aliphatic heterocycles. The summed E-state index contributed by atoms with van der Waals surface area (Å²) in [6.07, 6.45) is 1.46. The predicted molar refractivity (Wildman–Crippen MR) is 48.3 cm³/mol. The summed E-state index contributed by atoms with van der Waals surface area (Å²) in [5.41, 5.74) is 0. The average Bonchev–Trinajstić information content (AvgIpc) is 1.98. The summed E-state index contributed by atoms with van der Waals surface area (Å²) >= 11 is 8.86. The fourth-order valence-electron chi connectivity index (χ4n) is 0.610. The SMILES string of the molecule is CC(=O)Oc1nccc(Cl)c1Br. The van der Waals surface area contributed by atoms with Gasteiger partial charge in [-0.05, 0) is 22.0 Å². The molecule has 0 N–H and O–H groups in total. The van der Waals surface area contributed by atoms with E-state index in [4.69, 9.17) is 16.3 Å². The third-order valence-corrected chi connectivity index (χ3v) is 2.36. The van der Waals surface area contributed by atoms with Crippen molar-refractivity contribution >= 4 is 33.5 Å². The molecule has 3 nitrogen and oxygen atoms in total. The van der Waals surface area contributed by atoms with E-state index in [1.54, 1.807) is 6.07 Å². The smallest absolute Gasteiger partial charge is 0.309 e. The highest BCUT2D eigenvalue weighted by atomic mass is 79.9. The highest BCUT2D eigenvalue weighted by molar-refractivity contribution is 9.10. The van der Waals surface area contributed by atoms with Crippen LogP contribution in [-0.2, 0) is 4.79 Å². The Morgan fingerprint density at radius 3 is 3.00 bits per heavy atom. The lowest BCUT2D eigenvalue weighted by Crippen LogP contribution is -2.03. The van der Waals surface area contributed by atoms with Gasteiger partial charge in [0.25, 0.3) is 0 Å². The van der Waals surface area contributed by atoms with Crippen molar-refractivity contribution in [3.05, 3.63) is 21.8 Å². The summed E-state index contributed by atoms with van der Waals surface area (Å²) in [7, 11) is 0. The fraction of sp³-hybridized carbons (Fsp3) is 0.143. The zero-order valence-electron chi connectivity index (χ0n) is 6.17. The molecule has 0 bridgehead atoms. The van der Waals surface area contributed by atoms with Crippen LogP contribution in [0.3, 0.4) is 0 Å². The summed E-state index contributed by atoms with van der Waals surface area (Å²) in [5.74, 6) is -0.236. The number of aromatic nitrogens is 1. The Kier molecular flexibility index (Phi) is 3.05. The molecule has 5 heteroatoms. The van der Waals surface area contributed by atoms with Gasteiger partial charge in [0.15, 0.2) is 0 Å². The fourth-order valence-corrected chi connectivity index (χ4v) is 1.06. The van der Waals surface area contributed by atoms with Gasteiger partial charge in [-0.2, -0.15) is 0 Å². The molecule has 0 fully saturated rings. The summed E-state index contributed by atoms with van der Waals surface area (Å²) in [4.78, 5) is 14.4. The molecule has 64 valence electrons.